The van der Waals surface area contributed by atoms with Crippen molar-refractivity contribution in [1.29, 1.82) is 0 Å². The molecular formula is C14H15FN2O3S. The van der Waals surface area contributed by atoms with Crippen LogP contribution in [0.15, 0.2) is 29.3 Å². The zero-order chi connectivity index (χ0) is 14.8. The van der Waals surface area contributed by atoms with Crippen LogP contribution >= 0.6 is 0 Å². The van der Waals surface area contributed by atoms with Gasteiger partial charge >= 0.3 is 0 Å². The summed E-state index contributed by atoms with van der Waals surface area (Å²) >= 11 is 0. The lowest BCUT2D eigenvalue weighted by Gasteiger charge is -2.18. The van der Waals surface area contributed by atoms with Crippen LogP contribution in [0.3, 0.4) is 0 Å². The molecule has 2 heterocycles. The van der Waals surface area contributed by atoms with Gasteiger partial charge in [-0.05, 0) is 29.9 Å². The predicted octanol–water partition coefficient (Wildman–Crippen LogP) is 1.17. The highest BCUT2D eigenvalue weighted by Crippen LogP contribution is 2.52. The van der Waals surface area contributed by atoms with E-state index in [1.807, 2.05) is 0 Å². The number of sulfonamides is 1. The minimum Gasteiger partial charge on any atom is -0.396 e. The first-order chi connectivity index (χ1) is 10.0. The van der Waals surface area contributed by atoms with Gasteiger partial charge in [-0.3, -0.25) is 0 Å². The number of nitrogens with zero attached hydrogens (tertiary/aromatic N) is 1. The van der Waals surface area contributed by atoms with E-state index in [0.717, 1.165) is 0 Å². The highest BCUT2D eigenvalue weighted by molar-refractivity contribution is 7.89. The normalized spacial score (nSPS) is 29.0. The molecule has 1 aliphatic carbocycles. The molecular weight excluding hydrogens is 295 g/mol. The molecule has 5 nitrogen and oxygen atoms in total. The van der Waals surface area contributed by atoms with Gasteiger partial charge in [-0.15, -0.1) is 0 Å². The minimum atomic E-state index is -3.70. The van der Waals surface area contributed by atoms with Gasteiger partial charge in [-0.2, -0.15) is 4.31 Å². The number of aromatic amines is 1. The average molecular weight is 310 g/mol. The predicted molar refractivity (Wildman–Crippen MR) is 74.6 cm³/mol. The van der Waals surface area contributed by atoms with E-state index < -0.39 is 15.8 Å². The molecule has 1 aromatic carbocycles. The maximum Gasteiger partial charge on any atom is 0.245 e. The van der Waals surface area contributed by atoms with E-state index in [-0.39, 0.29) is 34.6 Å². The molecule has 1 aliphatic heterocycles. The van der Waals surface area contributed by atoms with Gasteiger partial charge in [0.05, 0.1) is 5.39 Å². The fraction of sp³-hybridized carbons (Fsp3) is 0.429. The molecule has 7 heteroatoms. The van der Waals surface area contributed by atoms with Crippen LogP contribution < -0.4 is 0 Å². The first-order valence-electron chi connectivity index (χ1n) is 6.90. The summed E-state index contributed by atoms with van der Waals surface area (Å²) in [6.45, 7) is 0.948. The molecule has 1 saturated heterocycles. The fourth-order valence-electron chi connectivity index (χ4n) is 3.53. The first-order valence-corrected chi connectivity index (χ1v) is 8.34. The third kappa shape index (κ3) is 1.77. The molecule has 2 N–H and O–H groups in total. The fourth-order valence-corrected chi connectivity index (χ4v) is 5.22. The highest BCUT2D eigenvalue weighted by atomic mass is 32.2. The van der Waals surface area contributed by atoms with Crippen LogP contribution in [-0.2, 0) is 10.0 Å². The van der Waals surface area contributed by atoms with Gasteiger partial charge in [0.2, 0.25) is 10.0 Å². The van der Waals surface area contributed by atoms with Crippen molar-refractivity contribution in [3.63, 3.8) is 0 Å². The van der Waals surface area contributed by atoms with Gasteiger partial charge in [0.15, 0.2) is 0 Å². The van der Waals surface area contributed by atoms with Crippen LogP contribution in [0.4, 0.5) is 4.39 Å². The summed E-state index contributed by atoms with van der Waals surface area (Å²) in [5.41, 5.74) is 0.478. The van der Waals surface area contributed by atoms with Crippen molar-refractivity contribution in [2.75, 3.05) is 19.7 Å². The van der Waals surface area contributed by atoms with E-state index in [4.69, 9.17) is 5.11 Å². The monoisotopic (exact) mass is 310 g/mol. The van der Waals surface area contributed by atoms with Crippen molar-refractivity contribution in [3.05, 3.63) is 30.2 Å². The Morgan fingerprint density at radius 1 is 1.33 bits per heavy atom. The molecule has 0 spiro atoms. The number of fused-ring (bicyclic) bond motifs is 2. The van der Waals surface area contributed by atoms with Crippen LogP contribution in [0, 0.1) is 23.6 Å². The number of aliphatic hydroxyl groups excluding tert-OH is 1. The molecule has 2 aromatic rings. The van der Waals surface area contributed by atoms with Gasteiger partial charge in [0.1, 0.15) is 10.7 Å². The molecule has 0 bridgehead atoms. The smallest absolute Gasteiger partial charge is 0.245 e. The molecule has 0 radical (unpaired) electrons. The molecule has 4 rings (SSSR count). The molecule has 3 atom stereocenters. The van der Waals surface area contributed by atoms with E-state index in [2.05, 4.69) is 4.98 Å². The number of H-pyrrole nitrogens is 1. The lowest BCUT2D eigenvalue weighted by molar-refractivity contribution is 0.247. The SMILES string of the molecule is O=S(=O)(c1c[nH]c2cccc(F)c12)N1C[C@@H]2C(CO)[C@@H]2C1. The first kappa shape index (κ1) is 13.2. The van der Waals surface area contributed by atoms with Gasteiger partial charge in [0.25, 0.3) is 0 Å². The Hall–Kier alpha value is -1.44. The molecule has 1 aromatic heterocycles. The molecule has 2 aliphatic rings. The Morgan fingerprint density at radius 2 is 2.05 bits per heavy atom. The Morgan fingerprint density at radius 3 is 2.71 bits per heavy atom. The Bertz CT molecular complexity index is 805. The molecule has 112 valence electrons. The molecule has 21 heavy (non-hydrogen) atoms. The van der Waals surface area contributed by atoms with Crippen LogP contribution in [0.2, 0.25) is 0 Å². The third-order valence-electron chi connectivity index (χ3n) is 4.79. The summed E-state index contributed by atoms with van der Waals surface area (Å²) < 4.78 is 40.8. The van der Waals surface area contributed by atoms with Crippen LogP contribution in [0.25, 0.3) is 10.9 Å². The van der Waals surface area contributed by atoms with E-state index in [1.165, 1.54) is 16.6 Å². The third-order valence-corrected chi connectivity index (χ3v) is 6.64. The van der Waals surface area contributed by atoms with Crippen molar-refractivity contribution < 1.29 is 17.9 Å². The van der Waals surface area contributed by atoms with Crippen LogP contribution in [0.1, 0.15) is 0 Å². The van der Waals surface area contributed by atoms with Crippen molar-refractivity contribution in [1.82, 2.24) is 9.29 Å². The van der Waals surface area contributed by atoms with Gasteiger partial charge in [-0.1, -0.05) is 6.07 Å². The van der Waals surface area contributed by atoms with Crippen LogP contribution in [-0.4, -0.2) is 42.5 Å². The maximum atomic E-state index is 14.0. The lowest BCUT2D eigenvalue weighted by atomic mass is 10.2. The topological polar surface area (TPSA) is 73.4 Å². The Balaban J connectivity index is 1.72. The molecule has 1 unspecified atom stereocenters. The van der Waals surface area contributed by atoms with Gasteiger partial charge in [0, 0.05) is 31.4 Å². The summed E-state index contributed by atoms with van der Waals surface area (Å²) in [5, 5.41) is 9.26. The summed E-state index contributed by atoms with van der Waals surface area (Å²) in [7, 11) is -3.70. The number of benzene rings is 1. The van der Waals surface area contributed by atoms with E-state index in [9.17, 15) is 12.8 Å². The van der Waals surface area contributed by atoms with Crippen molar-refractivity contribution in [2.45, 2.75) is 4.90 Å². The minimum absolute atomic E-state index is 0.00236. The summed E-state index contributed by atoms with van der Waals surface area (Å²) in [6.07, 6.45) is 1.36. The molecule has 1 saturated carbocycles. The van der Waals surface area contributed by atoms with E-state index >= 15 is 0 Å². The number of nitrogens with one attached hydrogen (secondary N) is 1. The Kier molecular flexibility index (Phi) is 2.70. The number of rotatable bonds is 3. The Labute approximate surface area is 121 Å². The average Bonchev–Trinajstić information content (AvgIpc) is 2.85. The largest absolute Gasteiger partial charge is 0.396 e. The highest BCUT2D eigenvalue weighted by Gasteiger charge is 2.57. The van der Waals surface area contributed by atoms with E-state index in [1.54, 1.807) is 12.1 Å². The standard InChI is InChI=1S/C14H15FN2O3S/c15-11-2-1-3-12-14(11)13(4-16-12)21(19,20)17-5-8-9(6-17)10(8)7-18/h1-4,8-10,16,18H,5-7H2/t8-,9+,10?. The van der Waals surface area contributed by atoms with Gasteiger partial charge in [-0.25, -0.2) is 12.8 Å². The second-order valence-electron chi connectivity index (χ2n) is 5.81. The van der Waals surface area contributed by atoms with Crippen LogP contribution in [0.5, 0.6) is 0 Å². The number of halogens is 1. The summed E-state index contributed by atoms with van der Waals surface area (Å²) in [4.78, 5) is 2.81. The quantitative estimate of drug-likeness (QED) is 0.893. The van der Waals surface area contributed by atoms with Gasteiger partial charge < -0.3 is 10.1 Å². The number of aliphatic hydroxyl groups is 1. The summed E-state index contributed by atoms with van der Waals surface area (Å²) in [6, 6.07) is 4.46. The number of aromatic nitrogens is 1. The number of piperidine rings is 1. The second-order valence-corrected chi connectivity index (χ2v) is 7.72. The van der Waals surface area contributed by atoms with E-state index in [0.29, 0.717) is 18.6 Å². The maximum absolute atomic E-state index is 14.0. The second kappa shape index (κ2) is 4.28. The molecule has 2 fully saturated rings. The lowest BCUT2D eigenvalue weighted by Crippen LogP contribution is -2.32. The van der Waals surface area contributed by atoms with Crippen molar-refractivity contribution in [2.24, 2.45) is 17.8 Å². The summed E-state index contributed by atoms with van der Waals surface area (Å²) in [5.74, 6) is 0.195. The van der Waals surface area contributed by atoms with Crippen molar-refractivity contribution in [3.8, 4) is 0 Å². The zero-order valence-electron chi connectivity index (χ0n) is 11.2. The zero-order valence-corrected chi connectivity index (χ0v) is 12.0. The molecule has 0 amide bonds. The van der Waals surface area contributed by atoms with Crippen molar-refractivity contribution >= 4 is 20.9 Å². The number of hydrogen-bond donors (Lipinski definition) is 2. The number of hydrogen-bond acceptors (Lipinski definition) is 3.